The van der Waals surface area contributed by atoms with Gasteiger partial charge >= 0.3 is 0 Å². The van der Waals surface area contributed by atoms with E-state index in [-0.39, 0.29) is 5.54 Å². The zero-order valence-corrected chi connectivity index (χ0v) is 9.75. The molecule has 0 aliphatic rings. The monoisotopic (exact) mass is 211 g/mol. The largest absolute Gasteiger partial charge is 0.394 e. The first kappa shape index (κ1) is 11.8. The van der Waals surface area contributed by atoms with Crippen molar-refractivity contribution in [2.75, 3.05) is 24.1 Å². The number of nitrogens with two attached hydrogens (primary N) is 2. The smallest absolute Gasteiger partial charge is 0.148 e. The van der Waals surface area contributed by atoms with Crippen LogP contribution >= 0.6 is 0 Å². The van der Waals surface area contributed by atoms with Gasteiger partial charge in [0.25, 0.3) is 0 Å². The molecule has 0 aliphatic heterocycles. The zero-order chi connectivity index (χ0) is 11.5. The molecule has 0 aromatic carbocycles. The van der Waals surface area contributed by atoms with Gasteiger partial charge in [0, 0.05) is 13.1 Å². The predicted octanol–water partition coefficient (Wildman–Crippen LogP) is 0.981. The fourth-order valence-electron chi connectivity index (χ4n) is 1.34. The van der Waals surface area contributed by atoms with Crippen molar-refractivity contribution in [1.29, 1.82) is 0 Å². The Bertz CT molecular complexity index is 316. The first-order valence-electron chi connectivity index (χ1n) is 5.31. The van der Waals surface area contributed by atoms with Gasteiger partial charge in [0.05, 0.1) is 17.4 Å². The highest BCUT2D eigenvalue weighted by Crippen LogP contribution is 2.27. The first-order chi connectivity index (χ1) is 7.03. The van der Waals surface area contributed by atoms with E-state index in [9.17, 15) is 0 Å². The summed E-state index contributed by atoms with van der Waals surface area (Å²) in [4.78, 5) is 0. The Morgan fingerprint density at radius 3 is 2.73 bits per heavy atom. The van der Waals surface area contributed by atoms with Crippen LogP contribution in [-0.2, 0) is 5.54 Å². The lowest BCUT2D eigenvalue weighted by atomic mass is 10.0. The molecule has 0 radical (unpaired) electrons. The maximum absolute atomic E-state index is 5.85. The molecule has 5 N–H and O–H groups in total. The molecule has 5 nitrogen and oxygen atoms in total. The molecule has 5 heteroatoms. The van der Waals surface area contributed by atoms with Gasteiger partial charge in [-0.3, -0.25) is 0 Å². The van der Waals surface area contributed by atoms with Crippen LogP contribution in [0.3, 0.4) is 0 Å². The molecular formula is C10H21N5. The summed E-state index contributed by atoms with van der Waals surface area (Å²) in [6.07, 6.45) is 2.67. The SMILES string of the molecule is CCC(C)(C)n1ncc(N)c1NCCN. The van der Waals surface area contributed by atoms with Crippen molar-refractivity contribution in [3.63, 3.8) is 0 Å². The summed E-state index contributed by atoms with van der Waals surface area (Å²) in [7, 11) is 0. The normalized spacial score (nSPS) is 11.7. The van der Waals surface area contributed by atoms with E-state index in [4.69, 9.17) is 11.5 Å². The topological polar surface area (TPSA) is 81.9 Å². The summed E-state index contributed by atoms with van der Waals surface area (Å²) in [5.41, 5.74) is 11.9. The lowest BCUT2D eigenvalue weighted by Crippen LogP contribution is -2.29. The van der Waals surface area contributed by atoms with Gasteiger partial charge in [0.1, 0.15) is 5.82 Å². The Morgan fingerprint density at radius 1 is 1.53 bits per heavy atom. The van der Waals surface area contributed by atoms with Gasteiger partial charge in [0.15, 0.2) is 0 Å². The molecule has 0 saturated heterocycles. The van der Waals surface area contributed by atoms with E-state index in [1.54, 1.807) is 6.20 Å². The lowest BCUT2D eigenvalue weighted by Gasteiger charge is -2.26. The molecular weight excluding hydrogens is 190 g/mol. The highest BCUT2D eigenvalue weighted by Gasteiger charge is 2.22. The van der Waals surface area contributed by atoms with E-state index in [0.29, 0.717) is 18.8 Å². The summed E-state index contributed by atoms with van der Waals surface area (Å²) in [5, 5.41) is 7.50. The van der Waals surface area contributed by atoms with Gasteiger partial charge in [-0.25, -0.2) is 4.68 Å². The molecule has 1 rings (SSSR count). The van der Waals surface area contributed by atoms with Crippen molar-refractivity contribution in [2.24, 2.45) is 5.73 Å². The first-order valence-corrected chi connectivity index (χ1v) is 5.31. The minimum absolute atomic E-state index is 0.0332. The molecule has 0 amide bonds. The van der Waals surface area contributed by atoms with Gasteiger partial charge in [-0.05, 0) is 20.3 Å². The van der Waals surface area contributed by atoms with Gasteiger partial charge in [-0.1, -0.05) is 6.92 Å². The van der Waals surface area contributed by atoms with E-state index in [2.05, 4.69) is 31.2 Å². The summed E-state index contributed by atoms with van der Waals surface area (Å²) >= 11 is 0. The predicted molar refractivity (Wildman–Crippen MR) is 63.8 cm³/mol. The van der Waals surface area contributed by atoms with Gasteiger partial charge in [-0.15, -0.1) is 0 Å². The Hall–Kier alpha value is -1.23. The molecule has 0 unspecified atom stereocenters. The van der Waals surface area contributed by atoms with Crippen molar-refractivity contribution in [3.8, 4) is 0 Å². The fourth-order valence-corrected chi connectivity index (χ4v) is 1.34. The number of nitrogen functional groups attached to an aromatic ring is 1. The van der Waals surface area contributed by atoms with E-state index in [0.717, 1.165) is 12.2 Å². The van der Waals surface area contributed by atoms with Crippen molar-refractivity contribution in [1.82, 2.24) is 9.78 Å². The molecule has 0 fully saturated rings. The maximum atomic E-state index is 5.85. The second kappa shape index (κ2) is 4.53. The van der Waals surface area contributed by atoms with Crippen LogP contribution in [0.4, 0.5) is 11.5 Å². The fraction of sp³-hybridized carbons (Fsp3) is 0.700. The quantitative estimate of drug-likeness (QED) is 0.678. The molecule has 86 valence electrons. The van der Waals surface area contributed by atoms with Crippen LogP contribution in [0.15, 0.2) is 6.20 Å². The van der Waals surface area contributed by atoms with Crippen molar-refractivity contribution in [2.45, 2.75) is 32.7 Å². The van der Waals surface area contributed by atoms with Crippen molar-refractivity contribution in [3.05, 3.63) is 6.20 Å². The highest BCUT2D eigenvalue weighted by atomic mass is 15.4. The summed E-state index contributed by atoms with van der Waals surface area (Å²) in [6.45, 7) is 7.68. The molecule has 0 saturated carbocycles. The molecule has 1 aromatic heterocycles. The number of nitrogens with zero attached hydrogens (tertiary/aromatic N) is 2. The van der Waals surface area contributed by atoms with Crippen LogP contribution in [0.2, 0.25) is 0 Å². The van der Waals surface area contributed by atoms with Crippen molar-refractivity contribution < 1.29 is 0 Å². The Labute approximate surface area is 90.8 Å². The molecule has 0 aliphatic carbocycles. The van der Waals surface area contributed by atoms with E-state index >= 15 is 0 Å². The van der Waals surface area contributed by atoms with Crippen LogP contribution in [0, 0.1) is 0 Å². The molecule has 0 bridgehead atoms. The molecule has 15 heavy (non-hydrogen) atoms. The number of aromatic nitrogens is 2. The van der Waals surface area contributed by atoms with Crippen LogP contribution in [0.5, 0.6) is 0 Å². The van der Waals surface area contributed by atoms with Crippen LogP contribution in [0.1, 0.15) is 27.2 Å². The minimum Gasteiger partial charge on any atom is -0.394 e. The summed E-state index contributed by atoms with van der Waals surface area (Å²) < 4.78 is 1.93. The van der Waals surface area contributed by atoms with E-state index < -0.39 is 0 Å². The summed E-state index contributed by atoms with van der Waals surface area (Å²) in [5.74, 6) is 0.868. The zero-order valence-electron chi connectivity index (χ0n) is 9.75. The number of hydrogen-bond acceptors (Lipinski definition) is 4. The van der Waals surface area contributed by atoms with Crippen LogP contribution in [-0.4, -0.2) is 22.9 Å². The Kier molecular flexibility index (Phi) is 3.57. The van der Waals surface area contributed by atoms with Crippen LogP contribution in [0.25, 0.3) is 0 Å². The van der Waals surface area contributed by atoms with Gasteiger partial charge in [0.2, 0.25) is 0 Å². The Balaban J connectivity index is 2.97. The second-order valence-electron chi connectivity index (χ2n) is 4.24. The highest BCUT2D eigenvalue weighted by molar-refractivity contribution is 5.61. The standard InChI is InChI=1S/C10H21N5/c1-4-10(2,3)15-9(13-6-5-11)8(12)7-14-15/h7,13H,4-6,11-12H2,1-3H3. The molecule has 0 atom stereocenters. The maximum Gasteiger partial charge on any atom is 0.148 e. The molecule has 1 heterocycles. The lowest BCUT2D eigenvalue weighted by molar-refractivity contribution is 0.312. The van der Waals surface area contributed by atoms with Crippen molar-refractivity contribution >= 4 is 11.5 Å². The molecule has 1 aromatic rings. The number of rotatable bonds is 5. The van der Waals surface area contributed by atoms with Gasteiger partial charge in [-0.2, -0.15) is 5.10 Å². The Morgan fingerprint density at radius 2 is 2.20 bits per heavy atom. The minimum atomic E-state index is -0.0332. The van der Waals surface area contributed by atoms with E-state index in [1.807, 2.05) is 4.68 Å². The third kappa shape index (κ3) is 2.41. The van der Waals surface area contributed by atoms with E-state index in [1.165, 1.54) is 0 Å². The average Bonchev–Trinajstić information content (AvgIpc) is 2.57. The average molecular weight is 211 g/mol. The van der Waals surface area contributed by atoms with Crippen LogP contribution < -0.4 is 16.8 Å². The number of nitrogens with one attached hydrogen (secondary N) is 1. The van der Waals surface area contributed by atoms with Gasteiger partial charge < -0.3 is 16.8 Å². The molecule has 0 spiro atoms. The number of anilines is 2. The second-order valence-corrected chi connectivity index (χ2v) is 4.24. The number of hydrogen-bond donors (Lipinski definition) is 3. The third-order valence-corrected chi connectivity index (χ3v) is 2.67. The summed E-state index contributed by atoms with van der Waals surface area (Å²) in [6, 6.07) is 0. The third-order valence-electron chi connectivity index (χ3n) is 2.67.